The fourth-order valence-electron chi connectivity index (χ4n) is 1.91. The van der Waals surface area contributed by atoms with Gasteiger partial charge in [-0.2, -0.15) is 4.98 Å². The van der Waals surface area contributed by atoms with Gasteiger partial charge in [-0.1, -0.05) is 30.3 Å². The van der Waals surface area contributed by atoms with Gasteiger partial charge in [0.2, 0.25) is 5.88 Å². The number of pyridine rings is 1. The molecule has 0 atom stereocenters. The summed E-state index contributed by atoms with van der Waals surface area (Å²) in [6.45, 7) is 0.856. The zero-order valence-electron chi connectivity index (χ0n) is 11.3. The van der Waals surface area contributed by atoms with E-state index in [2.05, 4.69) is 17.1 Å². The number of hydrogen-bond acceptors (Lipinski definition) is 4. The molecule has 0 aliphatic heterocycles. The molecule has 4 heteroatoms. The van der Waals surface area contributed by atoms with Crippen LogP contribution in [0.5, 0.6) is 5.88 Å². The van der Waals surface area contributed by atoms with Crippen molar-refractivity contribution in [3.8, 4) is 5.88 Å². The first-order valence-corrected chi connectivity index (χ1v) is 6.26. The van der Waals surface area contributed by atoms with Crippen LogP contribution < -0.4 is 15.4 Å². The Morgan fingerprint density at radius 2 is 1.89 bits per heavy atom. The number of hydrogen-bond donors (Lipinski definition) is 1. The van der Waals surface area contributed by atoms with Gasteiger partial charge in [0.25, 0.3) is 0 Å². The molecule has 1 aromatic heterocycles. The van der Waals surface area contributed by atoms with E-state index >= 15 is 0 Å². The minimum atomic E-state index is 0.579. The van der Waals surface area contributed by atoms with Crippen molar-refractivity contribution < 1.29 is 4.74 Å². The fraction of sp³-hybridized carbons (Fsp3) is 0.267. The van der Waals surface area contributed by atoms with Gasteiger partial charge in [0.1, 0.15) is 0 Å². The number of likely N-dealkylation sites (N-methyl/N-ethyl adjacent to an activating group) is 1. The second-order valence-corrected chi connectivity index (χ2v) is 4.42. The van der Waals surface area contributed by atoms with Crippen molar-refractivity contribution in [2.75, 3.05) is 31.3 Å². The normalized spacial score (nSPS) is 10.2. The van der Waals surface area contributed by atoms with E-state index in [1.54, 1.807) is 13.2 Å². The summed E-state index contributed by atoms with van der Waals surface area (Å²) in [4.78, 5) is 6.43. The van der Waals surface area contributed by atoms with Crippen LogP contribution in [0.4, 0.5) is 11.5 Å². The lowest BCUT2D eigenvalue weighted by atomic mass is 10.1. The summed E-state index contributed by atoms with van der Waals surface area (Å²) in [5.74, 6) is 1.34. The van der Waals surface area contributed by atoms with Crippen LogP contribution in [0.25, 0.3) is 0 Å². The average Bonchev–Trinajstić information content (AvgIpc) is 2.46. The topological polar surface area (TPSA) is 51.4 Å². The number of anilines is 2. The van der Waals surface area contributed by atoms with Crippen LogP contribution in [0.3, 0.4) is 0 Å². The van der Waals surface area contributed by atoms with Gasteiger partial charge in [-0.05, 0) is 18.1 Å². The molecule has 0 aliphatic carbocycles. The number of ether oxygens (including phenoxy) is 1. The minimum absolute atomic E-state index is 0.579. The Bertz CT molecular complexity index is 528. The van der Waals surface area contributed by atoms with E-state index in [1.807, 2.05) is 36.2 Å². The highest BCUT2D eigenvalue weighted by Gasteiger charge is 2.08. The van der Waals surface area contributed by atoms with Crippen LogP contribution in [-0.4, -0.2) is 25.7 Å². The fourth-order valence-corrected chi connectivity index (χ4v) is 1.91. The standard InChI is InChI=1S/C15H19N3O/c1-18(11-10-12-6-4-3-5-7-12)15-13(16)8-9-14(17-15)19-2/h3-9H,10-11,16H2,1-2H3. The molecular formula is C15H19N3O. The molecule has 0 saturated heterocycles. The van der Waals surface area contributed by atoms with Crippen LogP contribution in [0.15, 0.2) is 42.5 Å². The van der Waals surface area contributed by atoms with Crippen molar-refractivity contribution >= 4 is 11.5 Å². The number of nitrogen functional groups attached to an aromatic ring is 1. The Labute approximate surface area is 113 Å². The first-order chi connectivity index (χ1) is 9.20. The molecule has 0 spiro atoms. The second kappa shape index (κ2) is 6.09. The van der Waals surface area contributed by atoms with Crippen LogP contribution in [0.2, 0.25) is 0 Å². The van der Waals surface area contributed by atoms with Gasteiger partial charge in [0.05, 0.1) is 12.8 Å². The molecule has 2 rings (SSSR count). The quantitative estimate of drug-likeness (QED) is 0.893. The molecule has 0 amide bonds. The molecular weight excluding hydrogens is 238 g/mol. The first-order valence-electron chi connectivity index (χ1n) is 6.26. The lowest BCUT2D eigenvalue weighted by Crippen LogP contribution is -2.22. The Hall–Kier alpha value is -2.23. The van der Waals surface area contributed by atoms with Gasteiger partial charge in [-0.25, -0.2) is 0 Å². The Morgan fingerprint density at radius 1 is 1.16 bits per heavy atom. The van der Waals surface area contributed by atoms with E-state index < -0.39 is 0 Å². The highest BCUT2D eigenvalue weighted by molar-refractivity contribution is 5.63. The van der Waals surface area contributed by atoms with Gasteiger partial charge in [0.15, 0.2) is 5.82 Å². The molecule has 0 aliphatic rings. The largest absolute Gasteiger partial charge is 0.481 e. The van der Waals surface area contributed by atoms with Crippen LogP contribution >= 0.6 is 0 Å². The van der Waals surface area contributed by atoms with E-state index in [0.717, 1.165) is 18.8 Å². The SMILES string of the molecule is COc1ccc(N)c(N(C)CCc2ccccc2)n1. The van der Waals surface area contributed by atoms with Crippen molar-refractivity contribution in [1.29, 1.82) is 0 Å². The minimum Gasteiger partial charge on any atom is -0.481 e. The van der Waals surface area contributed by atoms with E-state index in [1.165, 1.54) is 5.56 Å². The third-order valence-corrected chi connectivity index (χ3v) is 3.03. The first kappa shape index (κ1) is 13.2. The van der Waals surface area contributed by atoms with E-state index in [4.69, 9.17) is 10.5 Å². The van der Waals surface area contributed by atoms with Crippen molar-refractivity contribution in [3.05, 3.63) is 48.0 Å². The van der Waals surface area contributed by atoms with E-state index in [9.17, 15) is 0 Å². The zero-order chi connectivity index (χ0) is 13.7. The summed E-state index contributed by atoms with van der Waals surface area (Å²) in [7, 11) is 3.59. The zero-order valence-corrected chi connectivity index (χ0v) is 11.3. The highest BCUT2D eigenvalue weighted by atomic mass is 16.5. The second-order valence-electron chi connectivity index (χ2n) is 4.42. The van der Waals surface area contributed by atoms with Gasteiger partial charge in [-0.15, -0.1) is 0 Å². The molecule has 1 aromatic carbocycles. The molecule has 0 bridgehead atoms. The van der Waals surface area contributed by atoms with Crippen molar-refractivity contribution in [2.24, 2.45) is 0 Å². The number of benzene rings is 1. The van der Waals surface area contributed by atoms with Crippen LogP contribution in [-0.2, 0) is 6.42 Å². The number of nitrogens with two attached hydrogens (primary N) is 1. The number of rotatable bonds is 5. The number of methoxy groups -OCH3 is 1. The molecule has 2 N–H and O–H groups in total. The van der Waals surface area contributed by atoms with Crippen molar-refractivity contribution in [3.63, 3.8) is 0 Å². The third-order valence-electron chi connectivity index (χ3n) is 3.03. The Balaban J connectivity index is 2.05. The van der Waals surface area contributed by atoms with Gasteiger partial charge < -0.3 is 15.4 Å². The smallest absolute Gasteiger partial charge is 0.215 e. The summed E-state index contributed by atoms with van der Waals surface area (Å²) in [6, 6.07) is 14.0. The lowest BCUT2D eigenvalue weighted by molar-refractivity contribution is 0.398. The van der Waals surface area contributed by atoms with Crippen LogP contribution in [0.1, 0.15) is 5.56 Å². The summed E-state index contributed by atoms with van der Waals surface area (Å²) in [6.07, 6.45) is 0.954. The summed E-state index contributed by atoms with van der Waals surface area (Å²) >= 11 is 0. The van der Waals surface area contributed by atoms with Gasteiger partial charge in [-0.3, -0.25) is 0 Å². The molecule has 0 unspecified atom stereocenters. The van der Waals surface area contributed by atoms with Crippen molar-refractivity contribution in [1.82, 2.24) is 4.98 Å². The summed E-state index contributed by atoms with van der Waals surface area (Å²) in [5.41, 5.74) is 7.92. The van der Waals surface area contributed by atoms with E-state index in [0.29, 0.717) is 11.6 Å². The lowest BCUT2D eigenvalue weighted by Gasteiger charge is -2.20. The summed E-state index contributed by atoms with van der Waals surface area (Å²) in [5, 5.41) is 0. The predicted octanol–water partition coefficient (Wildman–Crippen LogP) is 2.35. The predicted molar refractivity (Wildman–Crippen MR) is 78.6 cm³/mol. The maximum absolute atomic E-state index is 5.95. The monoisotopic (exact) mass is 257 g/mol. The average molecular weight is 257 g/mol. The van der Waals surface area contributed by atoms with Gasteiger partial charge in [0, 0.05) is 19.7 Å². The molecule has 2 aromatic rings. The molecule has 100 valence electrons. The Kier molecular flexibility index (Phi) is 4.23. The molecule has 0 radical (unpaired) electrons. The molecule has 0 fully saturated rings. The molecule has 19 heavy (non-hydrogen) atoms. The van der Waals surface area contributed by atoms with Crippen molar-refractivity contribution in [2.45, 2.75) is 6.42 Å². The van der Waals surface area contributed by atoms with Gasteiger partial charge >= 0.3 is 0 Å². The number of nitrogens with zero attached hydrogens (tertiary/aromatic N) is 2. The summed E-state index contributed by atoms with van der Waals surface area (Å²) < 4.78 is 5.13. The van der Waals surface area contributed by atoms with Crippen LogP contribution in [0, 0.1) is 0 Å². The molecule has 0 saturated carbocycles. The third kappa shape index (κ3) is 3.37. The highest BCUT2D eigenvalue weighted by Crippen LogP contribution is 2.22. The molecule has 4 nitrogen and oxygen atoms in total. The molecule has 1 heterocycles. The number of aromatic nitrogens is 1. The van der Waals surface area contributed by atoms with E-state index in [-0.39, 0.29) is 0 Å². The maximum Gasteiger partial charge on any atom is 0.215 e. The Morgan fingerprint density at radius 3 is 2.58 bits per heavy atom. The maximum atomic E-state index is 5.95.